The first kappa shape index (κ1) is 18.5. The van der Waals surface area contributed by atoms with Crippen molar-refractivity contribution in [1.29, 1.82) is 0 Å². The SMILES string of the molecule is O=C(CCCc1c[nH]c2ccccc12)NC1CCN(c2cccc(F)c2)CC1. The summed E-state index contributed by atoms with van der Waals surface area (Å²) in [5.41, 5.74) is 3.34. The average Bonchev–Trinajstić information content (AvgIpc) is 3.12. The van der Waals surface area contributed by atoms with E-state index in [-0.39, 0.29) is 17.8 Å². The Labute approximate surface area is 164 Å². The summed E-state index contributed by atoms with van der Waals surface area (Å²) in [7, 11) is 0. The van der Waals surface area contributed by atoms with Gasteiger partial charge < -0.3 is 15.2 Å². The minimum atomic E-state index is -0.205. The number of aromatic nitrogens is 1. The van der Waals surface area contributed by atoms with E-state index in [1.54, 1.807) is 12.1 Å². The summed E-state index contributed by atoms with van der Waals surface area (Å²) in [5, 5.41) is 4.42. The second kappa shape index (κ2) is 8.46. The van der Waals surface area contributed by atoms with E-state index in [4.69, 9.17) is 0 Å². The van der Waals surface area contributed by atoms with Gasteiger partial charge >= 0.3 is 0 Å². The molecule has 2 N–H and O–H groups in total. The van der Waals surface area contributed by atoms with Crippen LogP contribution < -0.4 is 10.2 Å². The maximum Gasteiger partial charge on any atom is 0.220 e. The molecule has 1 saturated heterocycles. The van der Waals surface area contributed by atoms with Crippen molar-refractivity contribution >= 4 is 22.5 Å². The van der Waals surface area contributed by atoms with Gasteiger partial charge in [0.05, 0.1) is 0 Å². The highest BCUT2D eigenvalue weighted by molar-refractivity contribution is 5.83. The first-order chi connectivity index (χ1) is 13.7. The van der Waals surface area contributed by atoms with E-state index in [1.807, 2.05) is 24.4 Å². The van der Waals surface area contributed by atoms with Crippen LogP contribution in [-0.2, 0) is 11.2 Å². The van der Waals surface area contributed by atoms with Crippen LogP contribution in [0.5, 0.6) is 0 Å². The number of halogens is 1. The summed E-state index contributed by atoms with van der Waals surface area (Å²) >= 11 is 0. The lowest BCUT2D eigenvalue weighted by Crippen LogP contribution is -2.44. The molecule has 0 radical (unpaired) electrons. The number of carbonyl (C=O) groups excluding carboxylic acids is 1. The van der Waals surface area contributed by atoms with E-state index in [0.717, 1.165) is 50.0 Å². The monoisotopic (exact) mass is 379 g/mol. The lowest BCUT2D eigenvalue weighted by atomic mass is 10.0. The van der Waals surface area contributed by atoms with Gasteiger partial charge in [0.15, 0.2) is 0 Å². The Morgan fingerprint density at radius 3 is 2.79 bits per heavy atom. The Morgan fingerprint density at radius 1 is 1.14 bits per heavy atom. The molecule has 0 atom stereocenters. The lowest BCUT2D eigenvalue weighted by Gasteiger charge is -2.34. The molecule has 1 fully saturated rings. The maximum atomic E-state index is 13.4. The zero-order valence-electron chi connectivity index (χ0n) is 16.0. The van der Waals surface area contributed by atoms with E-state index in [0.29, 0.717) is 6.42 Å². The number of H-pyrrole nitrogens is 1. The van der Waals surface area contributed by atoms with Crippen molar-refractivity contribution in [2.75, 3.05) is 18.0 Å². The van der Waals surface area contributed by atoms with Gasteiger partial charge in [-0.15, -0.1) is 0 Å². The smallest absolute Gasteiger partial charge is 0.220 e. The Bertz CT molecular complexity index is 944. The summed E-state index contributed by atoms with van der Waals surface area (Å²) in [5.74, 6) is -0.0767. The molecule has 4 rings (SSSR count). The van der Waals surface area contributed by atoms with Crippen LogP contribution in [0.25, 0.3) is 10.9 Å². The summed E-state index contributed by atoms with van der Waals surface area (Å²) < 4.78 is 13.4. The third-order valence-electron chi connectivity index (χ3n) is 5.56. The zero-order chi connectivity index (χ0) is 19.3. The van der Waals surface area contributed by atoms with E-state index in [9.17, 15) is 9.18 Å². The minimum absolute atomic E-state index is 0.129. The Kier molecular flexibility index (Phi) is 5.60. The van der Waals surface area contributed by atoms with Gasteiger partial charge in [-0.3, -0.25) is 4.79 Å². The number of nitrogens with one attached hydrogen (secondary N) is 2. The molecule has 0 saturated carbocycles. The minimum Gasteiger partial charge on any atom is -0.371 e. The van der Waals surface area contributed by atoms with Crippen molar-refractivity contribution in [3.63, 3.8) is 0 Å². The molecular formula is C23H26FN3O. The van der Waals surface area contributed by atoms with Gasteiger partial charge in [0, 0.05) is 48.3 Å². The molecule has 0 spiro atoms. The predicted octanol–water partition coefficient (Wildman–Crippen LogP) is 4.41. The number of rotatable bonds is 6. The molecule has 2 heterocycles. The van der Waals surface area contributed by atoms with E-state index in [1.165, 1.54) is 17.0 Å². The number of aryl methyl sites for hydroxylation is 1. The molecule has 0 aliphatic carbocycles. The molecule has 4 nitrogen and oxygen atoms in total. The van der Waals surface area contributed by atoms with Gasteiger partial charge in [0.2, 0.25) is 5.91 Å². The molecule has 3 aromatic rings. The second-order valence-electron chi connectivity index (χ2n) is 7.52. The molecule has 1 aliphatic rings. The number of fused-ring (bicyclic) bond motifs is 1. The van der Waals surface area contributed by atoms with E-state index >= 15 is 0 Å². The Morgan fingerprint density at radius 2 is 1.96 bits per heavy atom. The fourth-order valence-corrected chi connectivity index (χ4v) is 4.03. The van der Waals surface area contributed by atoms with Gasteiger partial charge in [-0.1, -0.05) is 24.3 Å². The number of amides is 1. The van der Waals surface area contributed by atoms with Crippen molar-refractivity contribution in [2.24, 2.45) is 0 Å². The number of piperidine rings is 1. The Hall–Kier alpha value is -2.82. The fourth-order valence-electron chi connectivity index (χ4n) is 4.03. The normalized spacial score (nSPS) is 15.1. The fraction of sp³-hybridized carbons (Fsp3) is 0.348. The number of benzene rings is 2. The molecule has 146 valence electrons. The third kappa shape index (κ3) is 4.35. The predicted molar refractivity (Wildman–Crippen MR) is 111 cm³/mol. The van der Waals surface area contributed by atoms with Gasteiger partial charge in [0.1, 0.15) is 5.82 Å². The summed E-state index contributed by atoms with van der Waals surface area (Å²) in [6, 6.07) is 15.2. The van der Waals surface area contributed by atoms with Crippen LogP contribution >= 0.6 is 0 Å². The van der Waals surface area contributed by atoms with Gasteiger partial charge in [-0.05, 0) is 55.5 Å². The van der Waals surface area contributed by atoms with Gasteiger partial charge in [-0.25, -0.2) is 4.39 Å². The lowest BCUT2D eigenvalue weighted by molar-refractivity contribution is -0.122. The summed E-state index contributed by atoms with van der Waals surface area (Å²) in [6.07, 6.45) is 6.12. The first-order valence-corrected chi connectivity index (χ1v) is 10.0. The quantitative estimate of drug-likeness (QED) is 0.666. The van der Waals surface area contributed by atoms with Crippen LogP contribution in [0, 0.1) is 5.82 Å². The number of hydrogen-bond acceptors (Lipinski definition) is 2. The third-order valence-corrected chi connectivity index (χ3v) is 5.56. The topological polar surface area (TPSA) is 48.1 Å². The number of para-hydroxylation sites is 1. The number of aromatic amines is 1. The van der Waals surface area contributed by atoms with Crippen molar-refractivity contribution < 1.29 is 9.18 Å². The van der Waals surface area contributed by atoms with Crippen LogP contribution in [0.15, 0.2) is 54.7 Å². The molecule has 0 unspecified atom stereocenters. The van der Waals surface area contributed by atoms with Crippen LogP contribution in [0.2, 0.25) is 0 Å². The molecule has 0 bridgehead atoms. The zero-order valence-corrected chi connectivity index (χ0v) is 16.0. The number of anilines is 1. The highest BCUT2D eigenvalue weighted by Gasteiger charge is 2.21. The van der Waals surface area contributed by atoms with Crippen molar-refractivity contribution in [1.82, 2.24) is 10.3 Å². The van der Waals surface area contributed by atoms with E-state index < -0.39 is 0 Å². The van der Waals surface area contributed by atoms with Crippen molar-refractivity contribution in [3.05, 3.63) is 66.1 Å². The molecule has 1 amide bonds. The molecule has 28 heavy (non-hydrogen) atoms. The summed E-state index contributed by atoms with van der Waals surface area (Å²) in [6.45, 7) is 1.67. The largest absolute Gasteiger partial charge is 0.371 e. The second-order valence-corrected chi connectivity index (χ2v) is 7.52. The highest BCUT2D eigenvalue weighted by Crippen LogP contribution is 2.21. The Balaban J connectivity index is 1.21. The molecular weight excluding hydrogens is 353 g/mol. The summed E-state index contributed by atoms with van der Waals surface area (Å²) in [4.78, 5) is 17.8. The molecule has 5 heteroatoms. The maximum absolute atomic E-state index is 13.4. The van der Waals surface area contributed by atoms with Crippen LogP contribution in [-0.4, -0.2) is 30.0 Å². The molecule has 1 aromatic heterocycles. The van der Waals surface area contributed by atoms with Crippen LogP contribution in [0.3, 0.4) is 0 Å². The van der Waals surface area contributed by atoms with Crippen LogP contribution in [0.1, 0.15) is 31.2 Å². The van der Waals surface area contributed by atoms with Crippen molar-refractivity contribution in [2.45, 2.75) is 38.1 Å². The average molecular weight is 379 g/mol. The molecule has 1 aliphatic heterocycles. The molecule has 2 aromatic carbocycles. The first-order valence-electron chi connectivity index (χ1n) is 10.0. The van der Waals surface area contributed by atoms with Gasteiger partial charge in [0.25, 0.3) is 0 Å². The standard InChI is InChI=1S/C23H26FN3O/c24-18-6-4-7-20(15-18)27-13-11-19(12-14-27)26-23(28)10-3-5-17-16-25-22-9-2-1-8-21(17)22/h1-2,4,6-9,15-16,19,25H,3,5,10-14H2,(H,26,28). The number of hydrogen-bond donors (Lipinski definition) is 2. The highest BCUT2D eigenvalue weighted by atomic mass is 19.1. The number of carbonyl (C=O) groups is 1. The van der Waals surface area contributed by atoms with Crippen LogP contribution in [0.4, 0.5) is 10.1 Å². The van der Waals surface area contributed by atoms with Gasteiger partial charge in [-0.2, -0.15) is 0 Å². The number of nitrogens with zero attached hydrogens (tertiary/aromatic N) is 1. The van der Waals surface area contributed by atoms with E-state index in [2.05, 4.69) is 27.3 Å². The van der Waals surface area contributed by atoms with Crippen molar-refractivity contribution in [3.8, 4) is 0 Å².